The molecule has 1 atom stereocenters. The second-order valence-corrected chi connectivity index (χ2v) is 4.69. The van der Waals surface area contributed by atoms with E-state index in [1.54, 1.807) is 49.4 Å². The number of rotatable bonds is 5. The van der Waals surface area contributed by atoms with E-state index in [0.717, 1.165) is 5.56 Å². The summed E-state index contributed by atoms with van der Waals surface area (Å²) in [4.78, 5) is 0. The highest BCUT2D eigenvalue weighted by Gasteiger charge is 2.32. The van der Waals surface area contributed by atoms with Gasteiger partial charge in [0.25, 0.3) is 0 Å². The molecule has 4 heteroatoms. The highest BCUT2D eigenvalue weighted by atomic mass is 19.3. The number of hydrogen-bond donors (Lipinski definition) is 1. The molecule has 0 radical (unpaired) electrons. The summed E-state index contributed by atoms with van der Waals surface area (Å²) in [5, 5.41) is 0. The van der Waals surface area contributed by atoms with E-state index in [0.29, 0.717) is 5.75 Å². The molecule has 0 heterocycles. The molecule has 2 aromatic carbocycles. The molecule has 0 fully saturated rings. The van der Waals surface area contributed by atoms with Gasteiger partial charge in [0.05, 0.1) is 0 Å². The zero-order valence-electron chi connectivity index (χ0n) is 11.2. The average Bonchev–Trinajstić information content (AvgIpc) is 2.46. The molecular weight excluding hydrogens is 260 g/mol. The smallest absolute Gasteiger partial charge is 0.306 e. The van der Waals surface area contributed by atoms with Crippen LogP contribution in [0.25, 0.3) is 0 Å². The fourth-order valence-electron chi connectivity index (χ4n) is 1.92. The third kappa shape index (κ3) is 3.33. The van der Waals surface area contributed by atoms with Crippen LogP contribution in [0.4, 0.5) is 8.78 Å². The third-order valence-corrected chi connectivity index (χ3v) is 3.01. The normalized spacial score (nSPS) is 13.0. The van der Waals surface area contributed by atoms with Crippen molar-refractivity contribution in [1.82, 2.24) is 0 Å². The van der Waals surface area contributed by atoms with Gasteiger partial charge in [0.2, 0.25) is 0 Å². The summed E-state index contributed by atoms with van der Waals surface area (Å²) in [6.07, 6.45) is 0. The summed E-state index contributed by atoms with van der Waals surface area (Å²) in [5.41, 5.74) is 6.46. The zero-order valence-corrected chi connectivity index (χ0v) is 11.2. The predicted octanol–water partition coefficient (Wildman–Crippen LogP) is 3.88. The molecule has 2 rings (SSSR count). The topological polar surface area (TPSA) is 35.2 Å². The molecule has 0 aliphatic carbocycles. The monoisotopic (exact) mass is 277 g/mol. The summed E-state index contributed by atoms with van der Waals surface area (Å²) in [5.74, 6) is -2.63. The Hall–Kier alpha value is -1.94. The Morgan fingerprint density at radius 3 is 2.30 bits per heavy atom. The van der Waals surface area contributed by atoms with Gasteiger partial charge in [-0.25, -0.2) is 0 Å². The Morgan fingerprint density at radius 1 is 1.05 bits per heavy atom. The van der Waals surface area contributed by atoms with Crippen LogP contribution in [0.5, 0.6) is 5.75 Å². The van der Waals surface area contributed by atoms with Gasteiger partial charge in [-0.3, -0.25) is 0 Å². The van der Waals surface area contributed by atoms with Gasteiger partial charge >= 0.3 is 5.92 Å². The molecule has 0 spiro atoms. The lowest BCUT2D eigenvalue weighted by atomic mass is 10.1. The lowest BCUT2D eigenvalue weighted by Gasteiger charge is -2.19. The third-order valence-electron chi connectivity index (χ3n) is 3.01. The highest BCUT2D eigenvalue weighted by Crippen LogP contribution is 2.30. The van der Waals surface area contributed by atoms with Gasteiger partial charge in [-0.1, -0.05) is 48.5 Å². The number of para-hydroxylation sites is 1. The molecular formula is C16H17F2NO. The maximum absolute atomic E-state index is 14.0. The standard InChI is InChI=1S/C16H17F2NO/c1-12(19)14-9-5-6-10-15(14)20-11-16(17,18)13-7-3-2-4-8-13/h2-10,12H,11,19H2,1H3/t12-/m0/s1. The molecule has 0 saturated carbocycles. The minimum Gasteiger partial charge on any atom is -0.487 e. The van der Waals surface area contributed by atoms with Crippen LogP contribution in [0, 0.1) is 0 Å². The van der Waals surface area contributed by atoms with E-state index >= 15 is 0 Å². The van der Waals surface area contributed by atoms with E-state index in [9.17, 15) is 8.78 Å². The average molecular weight is 277 g/mol. The summed E-state index contributed by atoms with van der Waals surface area (Å²) in [7, 11) is 0. The van der Waals surface area contributed by atoms with E-state index in [1.165, 1.54) is 12.1 Å². The maximum Gasteiger partial charge on any atom is 0.306 e. The fraction of sp³-hybridized carbons (Fsp3) is 0.250. The van der Waals surface area contributed by atoms with Crippen molar-refractivity contribution in [2.75, 3.05) is 6.61 Å². The van der Waals surface area contributed by atoms with Crippen molar-refractivity contribution in [2.24, 2.45) is 5.73 Å². The molecule has 2 nitrogen and oxygen atoms in total. The number of nitrogens with two attached hydrogens (primary N) is 1. The fourth-order valence-corrected chi connectivity index (χ4v) is 1.92. The van der Waals surface area contributed by atoms with Crippen LogP contribution in [0.2, 0.25) is 0 Å². The quantitative estimate of drug-likeness (QED) is 0.900. The summed E-state index contributed by atoms with van der Waals surface area (Å²) < 4.78 is 33.3. The van der Waals surface area contributed by atoms with E-state index in [-0.39, 0.29) is 11.6 Å². The first-order valence-corrected chi connectivity index (χ1v) is 6.41. The van der Waals surface area contributed by atoms with Crippen molar-refractivity contribution in [3.63, 3.8) is 0 Å². The lowest BCUT2D eigenvalue weighted by molar-refractivity contribution is -0.0469. The molecule has 0 aliphatic heterocycles. The van der Waals surface area contributed by atoms with E-state index in [1.807, 2.05) is 0 Å². The van der Waals surface area contributed by atoms with Crippen LogP contribution in [0.1, 0.15) is 24.1 Å². The second-order valence-electron chi connectivity index (χ2n) is 4.69. The Morgan fingerprint density at radius 2 is 1.65 bits per heavy atom. The molecule has 0 unspecified atom stereocenters. The highest BCUT2D eigenvalue weighted by molar-refractivity contribution is 5.35. The number of hydrogen-bond acceptors (Lipinski definition) is 2. The van der Waals surface area contributed by atoms with Crippen molar-refractivity contribution in [3.8, 4) is 5.75 Å². The number of halogens is 2. The Balaban J connectivity index is 2.13. The molecule has 2 N–H and O–H groups in total. The molecule has 0 aliphatic rings. The maximum atomic E-state index is 14.0. The Bertz CT molecular complexity index is 555. The molecule has 106 valence electrons. The first kappa shape index (κ1) is 14.5. The summed E-state index contributed by atoms with van der Waals surface area (Å²) >= 11 is 0. The van der Waals surface area contributed by atoms with Crippen molar-refractivity contribution in [2.45, 2.75) is 18.9 Å². The number of alkyl halides is 2. The minimum atomic E-state index is -3.04. The minimum absolute atomic E-state index is 0.0571. The molecule has 2 aromatic rings. The van der Waals surface area contributed by atoms with Crippen LogP contribution in [0.15, 0.2) is 54.6 Å². The lowest BCUT2D eigenvalue weighted by Crippen LogP contribution is -2.23. The van der Waals surface area contributed by atoms with Gasteiger partial charge in [0.15, 0.2) is 6.61 Å². The van der Waals surface area contributed by atoms with Gasteiger partial charge in [-0.05, 0) is 13.0 Å². The molecule has 0 aromatic heterocycles. The number of ether oxygens (including phenoxy) is 1. The molecule has 0 saturated heterocycles. The summed E-state index contributed by atoms with van der Waals surface area (Å²) in [6.45, 7) is 1.08. The SMILES string of the molecule is C[C@H](N)c1ccccc1OCC(F)(F)c1ccccc1. The van der Waals surface area contributed by atoms with Crippen LogP contribution in [-0.4, -0.2) is 6.61 Å². The largest absolute Gasteiger partial charge is 0.487 e. The van der Waals surface area contributed by atoms with Crippen LogP contribution >= 0.6 is 0 Å². The first-order valence-electron chi connectivity index (χ1n) is 6.41. The van der Waals surface area contributed by atoms with Crippen LogP contribution < -0.4 is 10.5 Å². The van der Waals surface area contributed by atoms with Crippen molar-refractivity contribution in [3.05, 3.63) is 65.7 Å². The van der Waals surface area contributed by atoms with Crippen molar-refractivity contribution in [1.29, 1.82) is 0 Å². The van der Waals surface area contributed by atoms with Gasteiger partial charge < -0.3 is 10.5 Å². The van der Waals surface area contributed by atoms with E-state index in [4.69, 9.17) is 10.5 Å². The van der Waals surface area contributed by atoms with E-state index in [2.05, 4.69) is 0 Å². The van der Waals surface area contributed by atoms with Gasteiger partial charge in [0.1, 0.15) is 5.75 Å². The predicted molar refractivity (Wildman–Crippen MR) is 74.9 cm³/mol. The zero-order chi connectivity index (χ0) is 14.6. The van der Waals surface area contributed by atoms with E-state index < -0.39 is 12.5 Å². The van der Waals surface area contributed by atoms with Crippen molar-refractivity contribution >= 4 is 0 Å². The van der Waals surface area contributed by atoms with Gasteiger partial charge in [-0.2, -0.15) is 8.78 Å². The summed E-state index contributed by atoms with van der Waals surface area (Å²) in [6, 6.07) is 14.4. The molecule has 0 amide bonds. The molecule has 0 bridgehead atoms. The Kier molecular flexibility index (Phi) is 4.35. The van der Waals surface area contributed by atoms with Crippen molar-refractivity contribution < 1.29 is 13.5 Å². The van der Waals surface area contributed by atoms with Crippen LogP contribution in [-0.2, 0) is 5.92 Å². The van der Waals surface area contributed by atoms with Gasteiger partial charge in [0, 0.05) is 17.2 Å². The first-order chi connectivity index (χ1) is 9.50. The number of benzene rings is 2. The Labute approximate surface area is 117 Å². The van der Waals surface area contributed by atoms with Gasteiger partial charge in [-0.15, -0.1) is 0 Å². The van der Waals surface area contributed by atoms with Crippen LogP contribution in [0.3, 0.4) is 0 Å². The second kappa shape index (κ2) is 6.01. The molecule has 20 heavy (non-hydrogen) atoms.